The molecule has 0 atom stereocenters. The van der Waals surface area contributed by atoms with E-state index in [-0.39, 0.29) is 0 Å². The van der Waals surface area contributed by atoms with Crippen molar-refractivity contribution >= 4 is 22.5 Å². The largest absolute Gasteiger partial charge is 0.493 e. The van der Waals surface area contributed by atoms with Crippen LogP contribution in [0.4, 0.5) is 0 Å². The number of benzene rings is 3. The van der Waals surface area contributed by atoms with E-state index in [0.29, 0.717) is 28.0 Å². The van der Waals surface area contributed by atoms with Gasteiger partial charge in [-0.2, -0.15) is 0 Å². The van der Waals surface area contributed by atoms with Crippen molar-refractivity contribution in [2.75, 3.05) is 14.2 Å². The summed E-state index contributed by atoms with van der Waals surface area (Å²) in [6, 6.07) is 22.9. The van der Waals surface area contributed by atoms with Gasteiger partial charge >= 0.3 is 0 Å². The van der Waals surface area contributed by atoms with Crippen molar-refractivity contribution in [3.63, 3.8) is 0 Å². The van der Waals surface area contributed by atoms with Crippen LogP contribution in [0, 0.1) is 0 Å². The van der Waals surface area contributed by atoms with Gasteiger partial charge in [-0.1, -0.05) is 41.9 Å². The SMILES string of the molecule is COc1ccc(Oc2cc3cc(Cl)ccc3nc2-c2ccccc2)cc1OC. The highest BCUT2D eigenvalue weighted by Gasteiger charge is 2.13. The Labute approximate surface area is 168 Å². The van der Waals surface area contributed by atoms with Crippen molar-refractivity contribution in [2.24, 2.45) is 0 Å². The zero-order valence-electron chi connectivity index (χ0n) is 15.5. The highest BCUT2D eigenvalue weighted by molar-refractivity contribution is 6.31. The van der Waals surface area contributed by atoms with E-state index >= 15 is 0 Å². The molecule has 0 amide bonds. The number of hydrogen-bond acceptors (Lipinski definition) is 4. The summed E-state index contributed by atoms with van der Waals surface area (Å²) in [5.41, 5.74) is 2.57. The molecule has 3 aromatic carbocycles. The summed E-state index contributed by atoms with van der Waals surface area (Å²) in [6.45, 7) is 0. The van der Waals surface area contributed by atoms with E-state index in [2.05, 4.69) is 0 Å². The van der Waals surface area contributed by atoms with Gasteiger partial charge in [-0.15, -0.1) is 0 Å². The van der Waals surface area contributed by atoms with Crippen LogP contribution < -0.4 is 14.2 Å². The number of hydrogen-bond donors (Lipinski definition) is 0. The minimum absolute atomic E-state index is 0.595. The molecule has 4 nitrogen and oxygen atoms in total. The molecule has 0 N–H and O–H groups in total. The Hall–Kier alpha value is -3.24. The van der Waals surface area contributed by atoms with Crippen LogP contribution in [-0.2, 0) is 0 Å². The maximum absolute atomic E-state index is 6.21. The average Bonchev–Trinajstić information content (AvgIpc) is 2.73. The first-order chi connectivity index (χ1) is 13.7. The van der Waals surface area contributed by atoms with E-state index in [4.69, 9.17) is 30.8 Å². The van der Waals surface area contributed by atoms with Crippen LogP contribution in [0.15, 0.2) is 72.8 Å². The lowest BCUT2D eigenvalue weighted by Gasteiger charge is -2.14. The highest BCUT2D eigenvalue weighted by atomic mass is 35.5. The van der Waals surface area contributed by atoms with Crippen LogP contribution in [0.2, 0.25) is 5.02 Å². The topological polar surface area (TPSA) is 40.6 Å². The van der Waals surface area contributed by atoms with Gasteiger partial charge in [0.15, 0.2) is 17.2 Å². The lowest BCUT2D eigenvalue weighted by molar-refractivity contribution is 0.352. The molecule has 0 fully saturated rings. The number of pyridine rings is 1. The predicted octanol–water partition coefficient (Wildman–Crippen LogP) is 6.36. The quantitative estimate of drug-likeness (QED) is 0.396. The summed E-state index contributed by atoms with van der Waals surface area (Å²) in [6.07, 6.45) is 0. The number of nitrogens with zero attached hydrogens (tertiary/aromatic N) is 1. The summed E-state index contributed by atoms with van der Waals surface area (Å²) in [5.74, 6) is 2.49. The zero-order chi connectivity index (χ0) is 19.5. The van der Waals surface area contributed by atoms with E-state index in [1.165, 1.54) is 0 Å². The Bertz CT molecular complexity index is 1130. The van der Waals surface area contributed by atoms with Crippen molar-refractivity contribution < 1.29 is 14.2 Å². The second-order valence-corrected chi connectivity index (χ2v) is 6.59. The molecule has 28 heavy (non-hydrogen) atoms. The van der Waals surface area contributed by atoms with Gasteiger partial charge in [-0.25, -0.2) is 4.98 Å². The molecule has 0 saturated carbocycles. The molecule has 0 aliphatic rings. The molecule has 4 rings (SSSR count). The fraction of sp³-hybridized carbons (Fsp3) is 0.0870. The van der Waals surface area contributed by atoms with E-state index in [1.54, 1.807) is 20.3 Å². The molecule has 0 spiro atoms. The summed E-state index contributed by atoms with van der Waals surface area (Å²) in [4.78, 5) is 4.82. The first kappa shape index (κ1) is 18.1. The standard InChI is InChI=1S/C23H18ClNO3/c1-26-20-11-9-18(14-21(20)27-2)28-22-13-16-12-17(24)8-10-19(16)25-23(22)15-6-4-3-5-7-15/h3-14H,1-2H3. The molecule has 0 saturated heterocycles. The normalized spacial score (nSPS) is 10.7. The van der Waals surface area contributed by atoms with Crippen molar-refractivity contribution in [1.82, 2.24) is 4.98 Å². The van der Waals surface area contributed by atoms with E-state index in [9.17, 15) is 0 Å². The van der Waals surface area contributed by atoms with E-state index in [0.717, 1.165) is 22.2 Å². The number of ether oxygens (including phenoxy) is 3. The van der Waals surface area contributed by atoms with Crippen molar-refractivity contribution in [2.45, 2.75) is 0 Å². The average molecular weight is 392 g/mol. The number of rotatable bonds is 5. The van der Waals surface area contributed by atoms with Crippen LogP contribution >= 0.6 is 11.6 Å². The van der Waals surface area contributed by atoms with Gasteiger partial charge in [0.1, 0.15) is 11.4 Å². The third-order valence-corrected chi connectivity index (χ3v) is 4.61. The van der Waals surface area contributed by atoms with Gasteiger partial charge in [0, 0.05) is 22.0 Å². The van der Waals surface area contributed by atoms with Gasteiger partial charge in [-0.3, -0.25) is 0 Å². The second kappa shape index (κ2) is 7.79. The summed E-state index contributed by atoms with van der Waals surface area (Å²) >= 11 is 6.16. The number of methoxy groups -OCH3 is 2. The molecule has 1 aromatic heterocycles. The molecular formula is C23H18ClNO3. The lowest BCUT2D eigenvalue weighted by Crippen LogP contribution is -1.95. The molecule has 0 radical (unpaired) electrons. The fourth-order valence-corrected chi connectivity index (χ4v) is 3.20. The van der Waals surface area contributed by atoms with E-state index in [1.807, 2.05) is 66.7 Å². The number of halogens is 1. The maximum atomic E-state index is 6.21. The summed E-state index contributed by atoms with van der Waals surface area (Å²) in [5, 5.41) is 1.56. The number of fused-ring (bicyclic) bond motifs is 1. The van der Waals surface area contributed by atoms with Gasteiger partial charge in [0.25, 0.3) is 0 Å². The second-order valence-electron chi connectivity index (χ2n) is 6.16. The Morgan fingerprint density at radius 1 is 0.750 bits per heavy atom. The lowest BCUT2D eigenvalue weighted by atomic mass is 10.1. The Kier molecular flexibility index (Phi) is 5.04. The molecule has 0 aliphatic heterocycles. The molecule has 5 heteroatoms. The van der Waals surface area contributed by atoms with Gasteiger partial charge in [0.05, 0.1) is 19.7 Å². The van der Waals surface area contributed by atoms with E-state index < -0.39 is 0 Å². The minimum atomic E-state index is 0.595. The van der Waals surface area contributed by atoms with Crippen LogP contribution in [0.5, 0.6) is 23.0 Å². The molecule has 1 heterocycles. The van der Waals surface area contributed by atoms with Crippen LogP contribution in [-0.4, -0.2) is 19.2 Å². The Morgan fingerprint density at radius 3 is 2.29 bits per heavy atom. The predicted molar refractivity (Wildman–Crippen MR) is 112 cm³/mol. The zero-order valence-corrected chi connectivity index (χ0v) is 16.2. The summed E-state index contributed by atoms with van der Waals surface area (Å²) < 4.78 is 16.9. The maximum Gasteiger partial charge on any atom is 0.164 e. The highest BCUT2D eigenvalue weighted by Crippen LogP contribution is 2.38. The fourth-order valence-electron chi connectivity index (χ4n) is 3.02. The van der Waals surface area contributed by atoms with Gasteiger partial charge < -0.3 is 14.2 Å². The van der Waals surface area contributed by atoms with Crippen molar-refractivity contribution in [3.8, 4) is 34.3 Å². The van der Waals surface area contributed by atoms with Gasteiger partial charge in [-0.05, 0) is 36.4 Å². The van der Waals surface area contributed by atoms with Crippen molar-refractivity contribution in [1.29, 1.82) is 0 Å². The molecule has 140 valence electrons. The molecule has 0 bridgehead atoms. The van der Waals surface area contributed by atoms with Crippen LogP contribution in [0.1, 0.15) is 0 Å². The van der Waals surface area contributed by atoms with Crippen LogP contribution in [0.3, 0.4) is 0 Å². The van der Waals surface area contributed by atoms with Gasteiger partial charge in [0.2, 0.25) is 0 Å². The molecule has 0 unspecified atom stereocenters. The third-order valence-electron chi connectivity index (χ3n) is 4.37. The smallest absolute Gasteiger partial charge is 0.164 e. The monoisotopic (exact) mass is 391 g/mol. The minimum Gasteiger partial charge on any atom is -0.493 e. The Morgan fingerprint density at radius 2 is 1.54 bits per heavy atom. The molecule has 4 aromatic rings. The Balaban J connectivity index is 1.84. The molecular weight excluding hydrogens is 374 g/mol. The number of aromatic nitrogens is 1. The first-order valence-corrected chi connectivity index (χ1v) is 9.11. The third kappa shape index (κ3) is 3.59. The first-order valence-electron chi connectivity index (χ1n) is 8.73. The molecule has 0 aliphatic carbocycles. The van der Waals surface area contributed by atoms with Crippen LogP contribution in [0.25, 0.3) is 22.2 Å². The van der Waals surface area contributed by atoms with Crippen molar-refractivity contribution in [3.05, 3.63) is 77.8 Å². The summed E-state index contributed by atoms with van der Waals surface area (Å²) in [7, 11) is 3.19.